The summed E-state index contributed by atoms with van der Waals surface area (Å²) in [6.07, 6.45) is -6.05. The zero-order chi connectivity index (χ0) is 18.2. The van der Waals surface area contributed by atoms with Crippen molar-refractivity contribution in [3.8, 4) is 0 Å². The molecule has 0 aliphatic rings. The maximum Gasteiger partial charge on any atom is 0.423 e. The van der Waals surface area contributed by atoms with Gasteiger partial charge < -0.3 is 10.2 Å². The molecule has 0 atom stereocenters. The van der Waals surface area contributed by atoms with Crippen molar-refractivity contribution in [1.82, 2.24) is 0 Å². The number of benzene rings is 1. The van der Waals surface area contributed by atoms with E-state index in [0.717, 1.165) is 13.2 Å². The standard InChI is InChI=1S/C12H10F3NO5.CH4O/c13-12(14,15)9-6-7(1-3-10(9)16(20)21)5-8(17)2-4-11(18)19;1-2/h1,3,6H,2,4-5H2,(H,18,19);2H,1H3. The Morgan fingerprint density at radius 3 is 2.22 bits per heavy atom. The second-order valence-corrected chi connectivity index (χ2v) is 4.22. The van der Waals surface area contributed by atoms with Crippen LogP contribution in [-0.4, -0.2) is 34.0 Å². The number of carbonyl (C=O) groups excluding carboxylic acids is 1. The molecule has 10 heteroatoms. The van der Waals surface area contributed by atoms with Crippen LogP contribution in [0.5, 0.6) is 0 Å². The molecule has 0 unspecified atom stereocenters. The van der Waals surface area contributed by atoms with Crippen LogP contribution >= 0.6 is 0 Å². The number of nitro groups is 1. The number of rotatable bonds is 6. The van der Waals surface area contributed by atoms with E-state index in [1.807, 2.05) is 0 Å². The van der Waals surface area contributed by atoms with Gasteiger partial charge in [0.2, 0.25) is 0 Å². The average Bonchev–Trinajstić information content (AvgIpc) is 2.46. The number of alkyl halides is 3. The number of nitro benzene ring substituents is 1. The van der Waals surface area contributed by atoms with Crippen molar-refractivity contribution in [1.29, 1.82) is 0 Å². The number of carboxylic acids is 1. The van der Waals surface area contributed by atoms with Crippen LogP contribution in [0.1, 0.15) is 24.0 Å². The van der Waals surface area contributed by atoms with Gasteiger partial charge in [-0.1, -0.05) is 6.07 Å². The quantitative estimate of drug-likeness (QED) is 0.607. The lowest BCUT2D eigenvalue weighted by Crippen LogP contribution is -2.11. The average molecular weight is 337 g/mol. The highest BCUT2D eigenvalue weighted by Gasteiger charge is 2.38. The summed E-state index contributed by atoms with van der Waals surface area (Å²) >= 11 is 0. The van der Waals surface area contributed by atoms with E-state index in [4.69, 9.17) is 10.2 Å². The fraction of sp³-hybridized carbons (Fsp3) is 0.385. The summed E-state index contributed by atoms with van der Waals surface area (Å²) in [6, 6.07) is 2.27. The first-order valence-electron chi connectivity index (χ1n) is 6.14. The normalized spacial score (nSPS) is 10.5. The molecule has 0 heterocycles. The SMILES string of the molecule is CO.O=C(O)CCC(=O)Cc1ccc([N+](=O)[O-])c(C(F)(F)F)c1. The Morgan fingerprint density at radius 1 is 1.22 bits per heavy atom. The van der Waals surface area contributed by atoms with Crippen LogP contribution in [0.15, 0.2) is 18.2 Å². The lowest BCUT2D eigenvalue weighted by Gasteiger charge is -2.09. The van der Waals surface area contributed by atoms with Gasteiger partial charge in [0.05, 0.1) is 11.3 Å². The number of aliphatic hydroxyl groups is 1. The molecule has 0 radical (unpaired) electrons. The van der Waals surface area contributed by atoms with E-state index in [1.165, 1.54) is 0 Å². The lowest BCUT2D eigenvalue weighted by molar-refractivity contribution is -0.388. The number of Topliss-reactive ketones (excluding diaryl/α,β-unsaturated/α-hetero) is 1. The second kappa shape index (κ2) is 8.83. The van der Waals surface area contributed by atoms with E-state index in [-0.39, 0.29) is 12.0 Å². The van der Waals surface area contributed by atoms with Crippen molar-refractivity contribution in [2.75, 3.05) is 7.11 Å². The molecule has 0 amide bonds. The molecule has 7 nitrogen and oxygen atoms in total. The van der Waals surface area contributed by atoms with Gasteiger partial charge in [-0.3, -0.25) is 19.7 Å². The molecule has 0 saturated heterocycles. The second-order valence-electron chi connectivity index (χ2n) is 4.22. The third-order valence-corrected chi connectivity index (χ3v) is 2.58. The lowest BCUT2D eigenvalue weighted by atomic mass is 10.0. The summed E-state index contributed by atoms with van der Waals surface area (Å²) in [4.78, 5) is 31.1. The van der Waals surface area contributed by atoms with Crippen molar-refractivity contribution >= 4 is 17.4 Å². The number of carbonyl (C=O) groups is 2. The van der Waals surface area contributed by atoms with Gasteiger partial charge in [0.15, 0.2) is 0 Å². The summed E-state index contributed by atoms with van der Waals surface area (Å²) in [5.74, 6) is -1.75. The fourth-order valence-corrected chi connectivity index (χ4v) is 1.64. The highest BCUT2D eigenvalue weighted by Crippen LogP contribution is 2.36. The molecule has 1 aromatic rings. The molecule has 0 aliphatic carbocycles. The Hall–Kier alpha value is -2.49. The molecule has 0 saturated carbocycles. The summed E-state index contributed by atoms with van der Waals surface area (Å²) < 4.78 is 38.1. The molecule has 1 rings (SSSR count). The molecule has 23 heavy (non-hydrogen) atoms. The van der Waals surface area contributed by atoms with Gasteiger partial charge in [-0.25, -0.2) is 0 Å². The van der Waals surface area contributed by atoms with E-state index in [0.29, 0.717) is 12.1 Å². The van der Waals surface area contributed by atoms with E-state index < -0.39 is 46.9 Å². The van der Waals surface area contributed by atoms with E-state index in [9.17, 15) is 32.9 Å². The molecule has 0 fully saturated rings. The summed E-state index contributed by atoms with van der Waals surface area (Å²) in [5, 5.41) is 26.0. The molecule has 0 spiro atoms. The third-order valence-electron chi connectivity index (χ3n) is 2.58. The van der Waals surface area contributed by atoms with Crippen LogP contribution in [0.2, 0.25) is 0 Å². The van der Waals surface area contributed by atoms with Gasteiger partial charge in [0.1, 0.15) is 11.3 Å². The van der Waals surface area contributed by atoms with Gasteiger partial charge in [-0.2, -0.15) is 13.2 Å². The molecule has 1 aromatic carbocycles. The predicted molar refractivity (Wildman–Crippen MR) is 71.8 cm³/mol. The Balaban J connectivity index is 0.00000232. The third kappa shape index (κ3) is 6.87. The number of hydrogen-bond donors (Lipinski definition) is 2. The monoisotopic (exact) mass is 337 g/mol. The smallest absolute Gasteiger partial charge is 0.423 e. The van der Waals surface area contributed by atoms with Crippen LogP contribution in [0.25, 0.3) is 0 Å². The van der Waals surface area contributed by atoms with E-state index in [1.54, 1.807) is 0 Å². The number of aliphatic hydroxyl groups excluding tert-OH is 1. The molecule has 0 bridgehead atoms. The predicted octanol–water partition coefficient (Wildman–Crippen LogP) is 2.20. The maximum atomic E-state index is 12.7. The summed E-state index contributed by atoms with van der Waals surface area (Å²) in [6.45, 7) is 0. The van der Waals surface area contributed by atoms with Crippen molar-refractivity contribution in [3.05, 3.63) is 39.4 Å². The fourth-order valence-electron chi connectivity index (χ4n) is 1.64. The van der Waals surface area contributed by atoms with Crippen LogP contribution in [0, 0.1) is 10.1 Å². The Bertz CT molecular complexity index is 586. The van der Waals surface area contributed by atoms with Gasteiger partial charge in [-0.15, -0.1) is 0 Å². The first-order valence-corrected chi connectivity index (χ1v) is 6.14. The summed E-state index contributed by atoms with van der Waals surface area (Å²) in [5.41, 5.74) is -2.58. The van der Waals surface area contributed by atoms with Crippen molar-refractivity contribution in [2.24, 2.45) is 0 Å². The van der Waals surface area contributed by atoms with Crippen molar-refractivity contribution in [3.63, 3.8) is 0 Å². The molecular formula is C13H14F3NO6. The Labute approximate surface area is 128 Å². The number of nitrogens with zero attached hydrogens (tertiary/aromatic N) is 1. The number of ketones is 1. The van der Waals surface area contributed by atoms with E-state index >= 15 is 0 Å². The zero-order valence-electron chi connectivity index (χ0n) is 12.0. The molecule has 0 aromatic heterocycles. The highest BCUT2D eigenvalue weighted by atomic mass is 19.4. The Morgan fingerprint density at radius 2 is 1.78 bits per heavy atom. The van der Waals surface area contributed by atoms with Gasteiger partial charge in [-0.05, 0) is 11.6 Å². The first-order chi connectivity index (χ1) is 10.6. The zero-order valence-corrected chi connectivity index (χ0v) is 12.0. The van der Waals surface area contributed by atoms with Gasteiger partial charge in [0, 0.05) is 26.0 Å². The van der Waals surface area contributed by atoms with Crippen molar-refractivity contribution in [2.45, 2.75) is 25.4 Å². The molecule has 0 aliphatic heterocycles. The van der Waals surface area contributed by atoms with Crippen LogP contribution in [0.4, 0.5) is 18.9 Å². The number of carboxylic acid groups (broad SMARTS) is 1. The minimum absolute atomic E-state index is 0.0525. The molecule has 2 N–H and O–H groups in total. The van der Waals surface area contributed by atoms with Gasteiger partial charge in [0.25, 0.3) is 5.69 Å². The number of hydrogen-bond acceptors (Lipinski definition) is 5. The largest absolute Gasteiger partial charge is 0.481 e. The van der Waals surface area contributed by atoms with E-state index in [2.05, 4.69) is 0 Å². The van der Waals surface area contributed by atoms with Gasteiger partial charge >= 0.3 is 12.1 Å². The maximum absolute atomic E-state index is 12.7. The minimum atomic E-state index is -4.91. The topological polar surface area (TPSA) is 118 Å². The highest BCUT2D eigenvalue weighted by molar-refractivity contribution is 5.84. The first kappa shape index (κ1) is 20.5. The summed E-state index contributed by atoms with van der Waals surface area (Å²) in [7, 11) is 1.00. The Kier molecular flexibility index (Phi) is 7.88. The van der Waals surface area contributed by atoms with Crippen molar-refractivity contribution < 1.29 is 37.9 Å². The van der Waals surface area contributed by atoms with Crippen LogP contribution < -0.4 is 0 Å². The minimum Gasteiger partial charge on any atom is -0.481 e. The molecular weight excluding hydrogens is 323 g/mol. The van der Waals surface area contributed by atoms with Crippen LogP contribution in [-0.2, 0) is 22.2 Å². The number of halogens is 3. The molecule has 128 valence electrons. The van der Waals surface area contributed by atoms with Crippen LogP contribution in [0.3, 0.4) is 0 Å². The number of aliphatic carboxylic acids is 1.